The third-order valence-electron chi connectivity index (χ3n) is 3.87. The number of hydrogen-bond acceptors (Lipinski definition) is 4. The number of aryl methyl sites for hydroxylation is 1. The van der Waals surface area contributed by atoms with E-state index in [2.05, 4.69) is 10.00 Å². The Kier molecular flexibility index (Phi) is 2.91. The maximum Gasteiger partial charge on any atom is 0.246 e. The summed E-state index contributed by atoms with van der Waals surface area (Å²) in [6, 6.07) is 0.408. The summed E-state index contributed by atoms with van der Waals surface area (Å²) >= 11 is 0. The molecule has 0 unspecified atom stereocenters. The van der Waals surface area contributed by atoms with Crippen LogP contribution in [0.4, 0.5) is 0 Å². The van der Waals surface area contributed by atoms with Crippen molar-refractivity contribution >= 4 is 10.0 Å². The van der Waals surface area contributed by atoms with Crippen LogP contribution in [0, 0.1) is 0 Å². The van der Waals surface area contributed by atoms with Gasteiger partial charge >= 0.3 is 0 Å². The van der Waals surface area contributed by atoms with Gasteiger partial charge in [0.25, 0.3) is 0 Å². The van der Waals surface area contributed by atoms with Crippen molar-refractivity contribution in [3.8, 4) is 0 Å². The summed E-state index contributed by atoms with van der Waals surface area (Å²) in [7, 11) is -1.63. The van der Waals surface area contributed by atoms with Crippen LogP contribution in [0.5, 0.6) is 0 Å². The summed E-state index contributed by atoms with van der Waals surface area (Å²) in [6.45, 7) is 3.18. The number of rotatable bonds is 2. The van der Waals surface area contributed by atoms with Crippen LogP contribution in [-0.4, -0.2) is 59.6 Å². The second-order valence-electron chi connectivity index (χ2n) is 5.04. The zero-order chi connectivity index (χ0) is 12.8. The van der Waals surface area contributed by atoms with Crippen molar-refractivity contribution in [1.82, 2.24) is 19.0 Å². The van der Waals surface area contributed by atoms with Gasteiger partial charge in [-0.05, 0) is 19.4 Å². The van der Waals surface area contributed by atoms with Gasteiger partial charge < -0.3 is 0 Å². The minimum Gasteiger partial charge on any atom is -0.298 e. The molecule has 3 heterocycles. The minimum atomic E-state index is -3.36. The van der Waals surface area contributed by atoms with E-state index in [0.717, 1.165) is 19.5 Å². The fraction of sp³-hybridized carbons (Fsp3) is 0.727. The van der Waals surface area contributed by atoms with Crippen molar-refractivity contribution in [2.24, 2.45) is 7.05 Å². The molecule has 0 aromatic carbocycles. The lowest BCUT2D eigenvalue weighted by molar-refractivity contribution is 0.158. The smallest absolute Gasteiger partial charge is 0.246 e. The van der Waals surface area contributed by atoms with E-state index in [1.54, 1.807) is 17.5 Å². The molecular weight excluding hydrogens is 252 g/mol. The Labute approximate surface area is 107 Å². The Morgan fingerprint density at radius 1 is 1.33 bits per heavy atom. The molecule has 18 heavy (non-hydrogen) atoms. The van der Waals surface area contributed by atoms with E-state index in [4.69, 9.17) is 0 Å². The highest BCUT2D eigenvalue weighted by Gasteiger charge is 2.36. The van der Waals surface area contributed by atoms with Crippen molar-refractivity contribution in [3.63, 3.8) is 0 Å². The first-order valence-electron chi connectivity index (χ1n) is 6.30. The van der Waals surface area contributed by atoms with E-state index in [1.807, 2.05) is 0 Å². The molecule has 0 amide bonds. The average molecular weight is 270 g/mol. The van der Waals surface area contributed by atoms with Gasteiger partial charge in [-0.15, -0.1) is 0 Å². The van der Waals surface area contributed by atoms with Gasteiger partial charge in [0, 0.05) is 38.9 Å². The topological polar surface area (TPSA) is 58.4 Å². The van der Waals surface area contributed by atoms with Gasteiger partial charge in [-0.2, -0.15) is 9.40 Å². The number of piperazine rings is 1. The van der Waals surface area contributed by atoms with Crippen molar-refractivity contribution in [2.45, 2.75) is 23.8 Å². The van der Waals surface area contributed by atoms with Gasteiger partial charge in [-0.1, -0.05) is 0 Å². The molecule has 3 rings (SSSR count). The lowest BCUT2D eigenvalue weighted by Crippen LogP contribution is -2.51. The Bertz CT molecular complexity index is 539. The summed E-state index contributed by atoms with van der Waals surface area (Å²) in [5.74, 6) is 0. The van der Waals surface area contributed by atoms with Crippen LogP contribution in [0.1, 0.15) is 12.8 Å². The van der Waals surface area contributed by atoms with Crippen molar-refractivity contribution in [2.75, 3.05) is 26.2 Å². The lowest BCUT2D eigenvalue weighted by Gasteiger charge is -2.36. The molecular formula is C11H18N4O2S. The molecule has 0 N–H and O–H groups in total. The van der Waals surface area contributed by atoms with Crippen LogP contribution in [0.25, 0.3) is 0 Å². The summed E-state index contributed by atoms with van der Waals surface area (Å²) in [5, 5.41) is 3.94. The van der Waals surface area contributed by atoms with Crippen LogP contribution in [-0.2, 0) is 17.1 Å². The van der Waals surface area contributed by atoms with Crippen LogP contribution in [0.2, 0.25) is 0 Å². The Hall–Kier alpha value is -0.920. The van der Waals surface area contributed by atoms with E-state index in [1.165, 1.54) is 17.3 Å². The summed E-state index contributed by atoms with van der Waals surface area (Å²) in [6.07, 6.45) is 5.29. The third kappa shape index (κ3) is 1.96. The Balaban J connectivity index is 1.82. The fourth-order valence-electron chi connectivity index (χ4n) is 2.86. The average Bonchev–Trinajstić information content (AvgIpc) is 2.96. The first-order chi connectivity index (χ1) is 8.57. The summed E-state index contributed by atoms with van der Waals surface area (Å²) in [4.78, 5) is 2.70. The number of aromatic nitrogens is 2. The second kappa shape index (κ2) is 4.32. The predicted molar refractivity (Wildman–Crippen MR) is 66.6 cm³/mol. The van der Waals surface area contributed by atoms with Crippen molar-refractivity contribution < 1.29 is 8.42 Å². The Morgan fingerprint density at radius 3 is 2.89 bits per heavy atom. The van der Waals surface area contributed by atoms with Gasteiger partial charge in [0.05, 0.1) is 6.20 Å². The molecule has 0 spiro atoms. The molecule has 2 aliphatic heterocycles. The molecule has 0 bridgehead atoms. The summed E-state index contributed by atoms with van der Waals surface area (Å²) in [5.41, 5.74) is 0. The molecule has 7 heteroatoms. The summed E-state index contributed by atoms with van der Waals surface area (Å²) < 4.78 is 28.0. The lowest BCUT2D eigenvalue weighted by atomic mass is 10.2. The molecule has 6 nitrogen and oxygen atoms in total. The van der Waals surface area contributed by atoms with Crippen LogP contribution in [0.3, 0.4) is 0 Å². The molecule has 2 aliphatic rings. The number of fused-ring (bicyclic) bond motifs is 1. The zero-order valence-electron chi connectivity index (χ0n) is 10.5. The molecule has 1 aromatic rings. The quantitative estimate of drug-likeness (QED) is 0.752. The van der Waals surface area contributed by atoms with Crippen molar-refractivity contribution in [1.29, 1.82) is 0 Å². The molecule has 2 fully saturated rings. The first-order valence-corrected chi connectivity index (χ1v) is 7.74. The molecule has 0 saturated carbocycles. The van der Waals surface area contributed by atoms with E-state index in [0.29, 0.717) is 24.0 Å². The predicted octanol–water partition coefficient (Wildman–Crippen LogP) is -0.111. The van der Waals surface area contributed by atoms with Crippen LogP contribution < -0.4 is 0 Å². The molecule has 100 valence electrons. The van der Waals surface area contributed by atoms with E-state index < -0.39 is 10.0 Å². The van der Waals surface area contributed by atoms with Gasteiger partial charge in [-0.25, -0.2) is 8.42 Å². The normalized spacial score (nSPS) is 26.4. The monoisotopic (exact) mass is 270 g/mol. The zero-order valence-corrected chi connectivity index (χ0v) is 11.3. The molecule has 0 aliphatic carbocycles. The Morgan fingerprint density at radius 2 is 2.17 bits per heavy atom. The molecule has 1 atom stereocenters. The van der Waals surface area contributed by atoms with Gasteiger partial charge in [0.15, 0.2) is 0 Å². The van der Waals surface area contributed by atoms with E-state index >= 15 is 0 Å². The third-order valence-corrected chi connectivity index (χ3v) is 5.69. The maximum absolute atomic E-state index is 12.4. The highest BCUT2D eigenvalue weighted by atomic mass is 32.2. The largest absolute Gasteiger partial charge is 0.298 e. The number of hydrogen-bond donors (Lipinski definition) is 0. The number of nitrogens with zero attached hydrogens (tertiary/aromatic N) is 4. The molecule has 2 saturated heterocycles. The van der Waals surface area contributed by atoms with Crippen LogP contribution >= 0.6 is 0 Å². The van der Waals surface area contributed by atoms with Gasteiger partial charge in [0.1, 0.15) is 4.90 Å². The SMILES string of the molecule is Cn1cc(S(=O)(=O)N2CCN3CCC[C@H]3C2)cn1. The second-order valence-corrected chi connectivity index (χ2v) is 6.98. The molecule has 1 aromatic heterocycles. The van der Waals surface area contributed by atoms with E-state index in [9.17, 15) is 8.42 Å². The maximum atomic E-state index is 12.4. The van der Waals surface area contributed by atoms with Crippen LogP contribution in [0.15, 0.2) is 17.3 Å². The fourth-order valence-corrected chi connectivity index (χ4v) is 4.32. The van der Waals surface area contributed by atoms with E-state index in [-0.39, 0.29) is 0 Å². The first kappa shape index (κ1) is 12.1. The van der Waals surface area contributed by atoms with Gasteiger partial charge in [0.2, 0.25) is 10.0 Å². The standard InChI is InChI=1S/C11H18N4O2S/c1-13-9-11(7-12-13)18(16,17)15-6-5-14-4-2-3-10(14)8-15/h7,9-10H,2-6,8H2,1H3/t10-/m0/s1. The minimum absolute atomic E-state index is 0.302. The van der Waals surface area contributed by atoms with Gasteiger partial charge in [-0.3, -0.25) is 9.58 Å². The number of sulfonamides is 1. The highest BCUT2D eigenvalue weighted by molar-refractivity contribution is 7.89. The highest BCUT2D eigenvalue weighted by Crippen LogP contribution is 2.25. The molecule has 0 radical (unpaired) electrons. The van der Waals surface area contributed by atoms with Crippen molar-refractivity contribution in [3.05, 3.63) is 12.4 Å².